The highest BCUT2D eigenvalue weighted by Gasteiger charge is 2.12. The van der Waals surface area contributed by atoms with Gasteiger partial charge in [0.1, 0.15) is 0 Å². The lowest BCUT2D eigenvalue weighted by Crippen LogP contribution is -2.31. The quantitative estimate of drug-likeness (QED) is 0.511. The van der Waals surface area contributed by atoms with Crippen LogP contribution in [0, 0.1) is 0 Å². The van der Waals surface area contributed by atoms with Gasteiger partial charge >= 0.3 is 0 Å². The molecule has 0 amide bonds. The Kier molecular flexibility index (Phi) is 2.30. The first-order valence-electron chi connectivity index (χ1n) is 3.37. The molecule has 0 atom stereocenters. The van der Waals surface area contributed by atoms with E-state index in [9.17, 15) is 0 Å². The minimum absolute atomic E-state index is 0.644. The maximum Gasteiger partial charge on any atom is 0.0430 e. The summed E-state index contributed by atoms with van der Waals surface area (Å²) in [4.78, 5) is 0. The first-order chi connectivity index (χ1) is 3.93. The predicted octanol–water partition coefficient (Wildman–Crippen LogP) is 0.435. The van der Waals surface area contributed by atoms with E-state index in [1.165, 1.54) is 25.7 Å². The Labute approximate surface area is 50.4 Å². The van der Waals surface area contributed by atoms with Crippen LogP contribution in [0.4, 0.5) is 0 Å². The number of nitrogens with one attached hydrogen (secondary N) is 1. The van der Waals surface area contributed by atoms with Gasteiger partial charge in [0.05, 0.1) is 0 Å². The van der Waals surface area contributed by atoms with Crippen molar-refractivity contribution in [1.29, 1.82) is 0 Å². The second-order valence-corrected chi connectivity index (χ2v) is 2.39. The van der Waals surface area contributed by atoms with Crippen molar-refractivity contribution in [2.24, 2.45) is 5.73 Å². The van der Waals surface area contributed by atoms with E-state index < -0.39 is 0 Å². The third-order valence-electron chi connectivity index (χ3n) is 1.76. The number of hydrogen-bond donors (Lipinski definition) is 2. The van der Waals surface area contributed by atoms with Crippen LogP contribution >= 0.6 is 0 Å². The second-order valence-electron chi connectivity index (χ2n) is 2.39. The van der Waals surface area contributed by atoms with Crippen molar-refractivity contribution in [2.75, 3.05) is 6.67 Å². The smallest absolute Gasteiger partial charge is 0.0430 e. The summed E-state index contributed by atoms with van der Waals surface area (Å²) in [6, 6.07) is 0.736. The van der Waals surface area contributed by atoms with E-state index in [-0.39, 0.29) is 0 Å². The van der Waals surface area contributed by atoms with Crippen molar-refractivity contribution in [2.45, 2.75) is 31.7 Å². The molecule has 0 aromatic rings. The molecule has 0 aliphatic heterocycles. The van der Waals surface area contributed by atoms with Crippen molar-refractivity contribution in [1.82, 2.24) is 5.32 Å². The van der Waals surface area contributed by atoms with E-state index in [2.05, 4.69) is 5.32 Å². The van der Waals surface area contributed by atoms with E-state index in [0.29, 0.717) is 6.67 Å². The molecule has 0 aromatic heterocycles. The van der Waals surface area contributed by atoms with Crippen molar-refractivity contribution < 1.29 is 0 Å². The molecule has 1 aliphatic carbocycles. The van der Waals surface area contributed by atoms with Gasteiger partial charge in [0.15, 0.2) is 0 Å². The summed E-state index contributed by atoms with van der Waals surface area (Å²) in [5.74, 6) is 0. The van der Waals surface area contributed by atoms with Crippen molar-refractivity contribution in [3.8, 4) is 0 Å². The van der Waals surface area contributed by atoms with Gasteiger partial charge in [-0.15, -0.1) is 0 Å². The standard InChI is InChI=1S/C6H14N2/c7-5-8-6-3-1-2-4-6/h6,8H,1-5,7H2. The molecule has 0 bridgehead atoms. The monoisotopic (exact) mass is 114 g/mol. The van der Waals surface area contributed by atoms with Crippen molar-refractivity contribution in [3.05, 3.63) is 0 Å². The highest BCUT2D eigenvalue weighted by molar-refractivity contribution is 4.71. The topological polar surface area (TPSA) is 38.0 Å². The number of hydrogen-bond acceptors (Lipinski definition) is 2. The average molecular weight is 114 g/mol. The molecule has 8 heavy (non-hydrogen) atoms. The molecule has 0 radical (unpaired) electrons. The normalized spacial score (nSPS) is 22.1. The fourth-order valence-electron chi connectivity index (χ4n) is 1.30. The molecule has 1 rings (SSSR count). The summed E-state index contributed by atoms with van der Waals surface area (Å²) in [5, 5.41) is 3.22. The molecule has 2 heteroatoms. The average Bonchev–Trinajstić information content (AvgIpc) is 2.19. The fraction of sp³-hybridized carbons (Fsp3) is 1.00. The van der Waals surface area contributed by atoms with Crippen LogP contribution in [-0.2, 0) is 0 Å². The Morgan fingerprint density at radius 2 is 2.00 bits per heavy atom. The van der Waals surface area contributed by atoms with Gasteiger partial charge in [-0.3, -0.25) is 0 Å². The highest BCUT2D eigenvalue weighted by atomic mass is 15.0. The third kappa shape index (κ3) is 1.46. The van der Waals surface area contributed by atoms with Gasteiger partial charge < -0.3 is 11.1 Å². The highest BCUT2D eigenvalue weighted by Crippen LogP contribution is 2.16. The first kappa shape index (κ1) is 6.05. The van der Waals surface area contributed by atoms with E-state index in [1.807, 2.05) is 0 Å². The molecular formula is C6H14N2. The number of rotatable bonds is 2. The molecule has 1 saturated carbocycles. The largest absolute Gasteiger partial charge is 0.318 e. The summed E-state index contributed by atoms with van der Waals surface area (Å²) in [5.41, 5.74) is 5.30. The van der Waals surface area contributed by atoms with E-state index in [4.69, 9.17) is 5.73 Å². The van der Waals surface area contributed by atoms with E-state index in [0.717, 1.165) is 6.04 Å². The molecule has 0 aromatic carbocycles. The molecule has 2 nitrogen and oxygen atoms in total. The van der Waals surface area contributed by atoms with Crippen LogP contribution in [0.15, 0.2) is 0 Å². The molecule has 1 aliphatic rings. The SMILES string of the molecule is NCNC1CCCC1. The van der Waals surface area contributed by atoms with Crippen LogP contribution in [0.2, 0.25) is 0 Å². The zero-order valence-corrected chi connectivity index (χ0v) is 5.19. The Morgan fingerprint density at radius 3 is 2.50 bits per heavy atom. The molecule has 0 unspecified atom stereocenters. The molecule has 0 spiro atoms. The van der Waals surface area contributed by atoms with Crippen LogP contribution in [-0.4, -0.2) is 12.7 Å². The van der Waals surface area contributed by atoms with Crippen LogP contribution in [0.25, 0.3) is 0 Å². The van der Waals surface area contributed by atoms with Gasteiger partial charge in [-0.05, 0) is 12.8 Å². The van der Waals surface area contributed by atoms with E-state index in [1.54, 1.807) is 0 Å². The Bertz CT molecular complexity index is 57.5. The Hall–Kier alpha value is -0.0800. The molecular weight excluding hydrogens is 100 g/mol. The zero-order chi connectivity index (χ0) is 5.82. The third-order valence-corrected chi connectivity index (χ3v) is 1.76. The van der Waals surface area contributed by atoms with Crippen LogP contribution in [0.1, 0.15) is 25.7 Å². The summed E-state index contributed by atoms with van der Waals surface area (Å²) >= 11 is 0. The van der Waals surface area contributed by atoms with Gasteiger partial charge in [-0.1, -0.05) is 12.8 Å². The van der Waals surface area contributed by atoms with Crippen LogP contribution < -0.4 is 11.1 Å². The lowest BCUT2D eigenvalue weighted by molar-refractivity contribution is 0.535. The predicted molar refractivity (Wildman–Crippen MR) is 34.4 cm³/mol. The van der Waals surface area contributed by atoms with Gasteiger partial charge in [0.2, 0.25) is 0 Å². The maximum atomic E-state index is 5.30. The molecule has 3 N–H and O–H groups in total. The Morgan fingerprint density at radius 1 is 1.38 bits per heavy atom. The fourth-order valence-corrected chi connectivity index (χ4v) is 1.30. The summed E-state index contributed by atoms with van der Waals surface area (Å²) in [6.07, 6.45) is 5.43. The molecule has 1 fully saturated rings. The lowest BCUT2D eigenvalue weighted by atomic mass is 10.3. The van der Waals surface area contributed by atoms with Crippen molar-refractivity contribution >= 4 is 0 Å². The molecule has 0 heterocycles. The minimum atomic E-state index is 0.644. The van der Waals surface area contributed by atoms with E-state index >= 15 is 0 Å². The first-order valence-corrected chi connectivity index (χ1v) is 3.37. The van der Waals surface area contributed by atoms with Crippen LogP contribution in [0.5, 0.6) is 0 Å². The second kappa shape index (κ2) is 3.05. The van der Waals surface area contributed by atoms with Gasteiger partial charge in [0.25, 0.3) is 0 Å². The van der Waals surface area contributed by atoms with Crippen LogP contribution in [0.3, 0.4) is 0 Å². The lowest BCUT2D eigenvalue weighted by Gasteiger charge is -2.07. The van der Waals surface area contributed by atoms with Crippen molar-refractivity contribution in [3.63, 3.8) is 0 Å². The minimum Gasteiger partial charge on any atom is -0.318 e. The van der Waals surface area contributed by atoms with Gasteiger partial charge in [0, 0.05) is 12.7 Å². The summed E-state index contributed by atoms with van der Waals surface area (Å²) in [7, 11) is 0. The summed E-state index contributed by atoms with van der Waals surface area (Å²) < 4.78 is 0. The summed E-state index contributed by atoms with van der Waals surface area (Å²) in [6.45, 7) is 0.644. The Balaban J connectivity index is 2.06. The zero-order valence-electron chi connectivity index (χ0n) is 5.19. The number of nitrogens with two attached hydrogens (primary N) is 1. The maximum absolute atomic E-state index is 5.30. The molecule has 48 valence electrons. The molecule has 0 saturated heterocycles. The van der Waals surface area contributed by atoms with Gasteiger partial charge in [-0.25, -0.2) is 0 Å². The van der Waals surface area contributed by atoms with Gasteiger partial charge in [-0.2, -0.15) is 0 Å².